The third-order valence-corrected chi connectivity index (χ3v) is 3.72. The average Bonchev–Trinajstić information content (AvgIpc) is 2.84. The molecule has 0 fully saturated rings. The third kappa shape index (κ3) is 2.59. The standard InChI is InChI=1S/C16H23NO/c1-4-9-16(3,12-17-5-2)14-6-7-15-13(11-14)8-10-18-15/h6-8,10-11,17H,4-5,9,12H2,1-3H3. The number of nitrogens with one attached hydrogen (secondary N) is 1. The van der Waals surface area contributed by atoms with E-state index in [4.69, 9.17) is 4.42 Å². The fourth-order valence-electron chi connectivity index (χ4n) is 2.63. The van der Waals surface area contributed by atoms with Gasteiger partial charge in [-0.25, -0.2) is 0 Å². The van der Waals surface area contributed by atoms with E-state index in [9.17, 15) is 0 Å². The Morgan fingerprint density at radius 1 is 1.22 bits per heavy atom. The Morgan fingerprint density at radius 3 is 2.78 bits per heavy atom. The van der Waals surface area contributed by atoms with Crippen LogP contribution >= 0.6 is 0 Å². The van der Waals surface area contributed by atoms with Gasteiger partial charge in [-0.15, -0.1) is 0 Å². The van der Waals surface area contributed by atoms with Gasteiger partial charge in [0.2, 0.25) is 0 Å². The highest BCUT2D eigenvalue weighted by Crippen LogP contribution is 2.31. The number of hydrogen-bond donors (Lipinski definition) is 1. The van der Waals surface area contributed by atoms with E-state index in [-0.39, 0.29) is 5.41 Å². The molecule has 2 nitrogen and oxygen atoms in total. The van der Waals surface area contributed by atoms with E-state index in [1.807, 2.05) is 6.07 Å². The third-order valence-electron chi connectivity index (χ3n) is 3.72. The summed E-state index contributed by atoms with van der Waals surface area (Å²) in [6, 6.07) is 8.60. The van der Waals surface area contributed by atoms with Crippen LogP contribution in [0.5, 0.6) is 0 Å². The van der Waals surface area contributed by atoms with Crippen molar-refractivity contribution in [3.63, 3.8) is 0 Å². The highest BCUT2D eigenvalue weighted by molar-refractivity contribution is 5.78. The Kier molecular flexibility index (Phi) is 4.07. The fraction of sp³-hybridized carbons (Fsp3) is 0.500. The van der Waals surface area contributed by atoms with E-state index in [2.05, 4.69) is 44.3 Å². The zero-order valence-corrected chi connectivity index (χ0v) is 11.6. The molecule has 2 heteroatoms. The molecular formula is C16H23NO. The molecule has 1 unspecified atom stereocenters. The molecule has 98 valence electrons. The predicted octanol–water partition coefficient (Wildman–Crippen LogP) is 4.10. The zero-order chi connectivity index (χ0) is 13.0. The van der Waals surface area contributed by atoms with E-state index in [1.54, 1.807) is 6.26 Å². The molecule has 0 saturated carbocycles. The van der Waals surface area contributed by atoms with Crippen molar-refractivity contribution >= 4 is 11.0 Å². The van der Waals surface area contributed by atoms with Crippen LogP contribution in [0, 0.1) is 0 Å². The largest absolute Gasteiger partial charge is 0.464 e. The van der Waals surface area contributed by atoms with Gasteiger partial charge < -0.3 is 9.73 Å². The van der Waals surface area contributed by atoms with Crippen LogP contribution in [-0.2, 0) is 5.41 Å². The van der Waals surface area contributed by atoms with Gasteiger partial charge in [0.15, 0.2) is 0 Å². The average molecular weight is 245 g/mol. The lowest BCUT2D eigenvalue weighted by Gasteiger charge is -2.30. The summed E-state index contributed by atoms with van der Waals surface area (Å²) in [6.07, 6.45) is 4.16. The number of rotatable bonds is 6. The molecule has 2 rings (SSSR count). The molecule has 1 aromatic heterocycles. The molecule has 2 aromatic rings. The minimum Gasteiger partial charge on any atom is -0.464 e. The predicted molar refractivity (Wildman–Crippen MR) is 77.0 cm³/mol. The van der Waals surface area contributed by atoms with Crippen LogP contribution in [0.4, 0.5) is 0 Å². The molecule has 0 aliphatic rings. The van der Waals surface area contributed by atoms with Crippen molar-refractivity contribution in [3.05, 3.63) is 36.1 Å². The van der Waals surface area contributed by atoms with Crippen molar-refractivity contribution in [2.45, 2.75) is 39.0 Å². The number of likely N-dealkylation sites (N-methyl/N-ethyl adjacent to an activating group) is 1. The zero-order valence-electron chi connectivity index (χ0n) is 11.6. The molecule has 0 bridgehead atoms. The van der Waals surface area contributed by atoms with Crippen molar-refractivity contribution in [1.29, 1.82) is 0 Å². The maximum absolute atomic E-state index is 5.41. The van der Waals surface area contributed by atoms with Gasteiger partial charge in [-0.1, -0.05) is 33.3 Å². The lowest BCUT2D eigenvalue weighted by molar-refractivity contribution is 0.401. The second-order valence-corrected chi connectivity index (χ2v) is 5.26. The Labute approximate surface area is 109 Å². The quantitative estimate of drug-likeness (QED) is 0.829. The van der Waals surface area contributed by atoms with E-state index in [1.165, 1.54) is 23.8 Å². The minimum atomic E-state index is 0.205. The lowest BCUT2D eigenvalue weighted by atomic mass is 9.78. The van der Waals surface area contributed by atoms with Crippen molar-refractivity contribution < 1.29 is 4.42 Å². The Balaban J connectivity index is 2.33. The van der Waals surface area contributed by atoms with Gasteiger partial charge in [0.1, 0.15) is 5.58 Å². The van der Waals surface area contributed by atoms with Gasteiger partial charge in [-0.3, -0.25) is 0 Å². The topological polar surface area (TPSA) is 25.2 Å². The van der Waals surface area contributed by atoms with E-state index < -0.39 is 0 Å². The monoisotopic (exact) mass is 245 g/mol. The Morgan fingerprint density at radius 2 is 2.06 bits per heavy atom. The first kappa shape index (κ1) is 13.2. The number of benzene rings is 1. The summed E-state index contributed by atoms with van der Waals surface area (Å²) in [5.41, 5.74) is 2.58. The molecule has 1 heterocycles. The highest BCUT2D eigenvalue weighted by Gasteiger charge is 2.25. The first-order chi connectivity index (χ1) is 8.69. The van der Waals surface area contributed by atoms with Crippen LogP contribution in [0.2, 0.25) is 0 Å². The smallest absolute Gasteiger partial charge is 0.133 e. The van der Waals surface area contributed by atoms with Gasteiger partial charge in [0.25, 0.3) is 0 Å². The van der Waals surface area contributed by atoms with Crippen LogP contribution < -0.4 is 5.32 Å². The number of furan rings is 1. The first-order valence-corrected chi connectivity index (χ1v) is 6.88. The van der Waals surface area contributed by atoms with Gasteiger partial charge >= 0.3 is 0 Å². The summed E-state index contributed by atoms with van der Waals surface area (Å²) >= 11 is 0. The van der Waals surface area contributed by atoms with E-state index in [0.29, 0.717) is 0 Å². The first-order valence-electron chi connectivity index (χ1n) is 6.88. The van der Waals surface area contributed by atoms with Gasteiger partial charge in [0, 0.05) is 17.3 Å². The molecule has 18 heavy (non-hydrogen) atoms. The normalized spacial score (nSPS) is 14.8. The maximum Gasteiger partial charge on any atom is 0.133 e. The van der Waals surface area contributed by atoms with Crippen LogP contribution in [-0.4, -0.2) is 13.1 Å². The van der Waals surface area contributed by atoms with Gasteiger partial charge in [-0.2, -0.15) is 0 Å². The summed E-state index contributed by atoms with van der Waals surface area (Å²) in [7, 11) is 0. The Hall–Kier alpha value is -1.28. The van der Waals surface area contributed by atoms with Crippen LogP contribution in [0.1, 0.15) is 39.2 Å². The van der Waals surface area contributed by atoms with Crippen LogP contribution in [0.25, 0.3) is 11.0 Å². The molecule has 0 saturated heterocycles. The van der Waals surface area contributed by atoms with Gasteiger partial charge in [-0.05, 0) is 36.7 Å². The van der Waals surface area contributed by atoms with Crippen molar-refractivity contribution in [1.82, 2.24) is 5.32 Å². The van der Waals surface area contributed by atoms with E-state index >= 15 is 0 Å². The minimum absolute atomic E-state index is 0.205. The summed E-state index contributed by atoms with van der Waals surface area (Å²) in [5, 5.41) is 4.69. The molecular weight excluding hydrogens is 222 g/mol. The summed E-state index contributed by atoms with van der Waals surface area (Å²) in [4.78, 5) is 0. The second-order valence-electron chi connectivity index (χ2n) is 5.26. The summed E-state index contributed by atoms with van der Waals surface area (Å²) < 4.78 is 5.41. The highest BCUT2D eigenvalue weighted by atomic mass is 16.3. The molecule has 0 radical (unpaired) electrons. The van der Waals surface area contributed by atoms with E-state index in [0.717, 1.165) is 18.7 Å². The molecule has 0 spiro atoms. The number of hydrogen-bond acceptors (Lipinski definition) is 2. The molecule has 1 N–H and O–H groups in total. The molecule has 0 amide bonds. The number of fused-ring (bicyclic) bond motifs is 1. The second kappa shape index (κ2) is 5.57. The Bertz CT molecular complexity index is 503. The lowest BCUT2D eigenvalue weighted by Crippen LogP contribution is -2.35. The molecule has 0 aliphatic carbocycles. The van der Waals surface area contributed by atoms with Gasteiger partial charge in [0.05, 0.1) is 6.26 Å². The van der Waals surface area contributed by atoms with Crippen molar-refractivity contribution in [3.8, 4) is 0 Å². The maximum atomic E-state index is 5.41. The molecule has 0 aliphatic heterocycles. The molecule has 1 aromatic carbocycles. The molecule has 1 atom stereocenters. The van der Waals surface area contributed by atoms with Crippen molar-refractivity contribution in [2.75, 3.05) is 13.1 Å². The fourth-order valence-corrected chi connectivity index (χ4v) is 2.63. The summed E-state index contributed by atoms with van der Waals surface area (Å²) in [5.74, 6) is 0. The van der Waals surface area contributed by atoms with Crippen molar-refractivity contribution in [2.24, 2.45) is 0 Å². The van der Waals surface area contributed by atoms with Crippen LogP contribution in [0.15, 0.2) is 34.9 Å². The SMILES string of the molecule is CCCC(C)(CNCC)c1ccc2occc2c1. The summed E-state index contributed by atoms with van der Waals surface area (Å²) in [6.45, 7) is 8.81. The van der Waals surface area contributed by atoms with Crippen LogP contribution in [0.3, 0.4) is 0 Å².